The smallest absolute Gasteiger partial charge is 0.222 e. The van der Waals surface area contributed by atoms with E-state index in [1.54, 1.807) is 0 Å². The highest BCUT2D eigenvalue weighted by Gasteiger charge is 2.21. The van der Waals surface area contributed by atoms with Crippen molar-refractivity contribution in [3.05, 3.63) is 0 Å². The topological polar surface area (TPSA) is 46.3 Å². The zero-order valence-electron chi connectivity index (χ0n) is 10.4. The summed E-state index contributed by atoms with van der Waals surface area (Å²) in [6.07, 6.45) is 7.64. The molecule has 1 saturated carbocycles. The number of rotatable bonds is 4. The molecule has 0 aromatic heterocycles. The third kappa shape index (κ3) is 5.17. The quantitative estimate of drug-likeness (QED) is 0.830. The first-order chi connectivity index (χ1) is 7.11. The third-order valence-corrected chi connectivity index (χ3v) is 3.33. The SMILES string of the molecule is CC(N)CCC(=O)N(C)C1CCCCC1.Cl. The molecule has 0 aromatic carbocycles. The summed E-state index contributed by atoms with van der Waals surface area (Å²) in [5.74, 6) is 0.263. The van der Waals surface area contributed by atoms with Gasteiger partial charge >= 0.3 is 0 Å². The molecular weight excluding hydrogens is 224 g/mol. The average Bonchev–Trinajstić information content (AvgIpc) is 2.26. The van der Waals surface area contributed by atoms with Crippen molar-refractivity contribution in [3.63, 3.8) is 0 Å². The van der Waals surface area contributed by atoms with Gasteiger partial charge in [-0.3, -0.25) is 4.79 Å². The molecule has 16 heavy (non-hydrogen) atoms. The lowest BCUT2D eigenvalue weighted by molar-refractivity contribution is -0.132. The number of nitrogens with two attached hydrogens (primary N) is 1. The van der Waals surface area contributed by atoms with Crippen molar-refractivity contribution in [1.82, 2.24) is 4.90 Å². The maximum absolute atomic E-state index is 11.8. The van der Waals surface area contributed by atoms with Crippen LogP contribution in [-0.4, -0.2) is 29.9 Å². The van der Waals surface area contributed by atoms with Gasteiger partial charge < -0.3 is 10.6 Å². The normalized spacial score (nSPS) is 18.7. The average molecular weight is 249 g/mol. The molecule has 0 heterocycles. The van der Waals surface area contributed by atoms with Crippen LogP contribution in [0.2, 0.25) is 0 Å². The lowest BCUT2D eigenvalue weighted by Gasteiger charge is -2.31. The highest BCUT2D eigenvalue weighted by molar-refractivity contribution is 5.85. The Morgan fingerprint density at radius 3 is 2.44 bits per heavy atom. The Morgan fingerprint density at radius 2 is 1.94 bits per heavy atom. The second-order valence-electron chi connectivity index (χ2n) is 4.81. The maximum Gasteiger partial charge on any atom is 0.222 e. The Balaban J connectivity index is 0.00000225. The van der Waals surface area contributed by atoms with Gasteiger partial charge in [0.2, 0.25) is 5.91 Å². The molecule has 1 atom stereocenters. The van der Waals surface area contributed by atoms with E-state index in [9.17, 15) is 4.79 Å². The van der Waals surface area contributed by atoms with Crippen molar-refractivity contribution in [2.45, 2.75) is 64.0 Å². The van der Waals surface area contributed by atoms with Crippen LogP contribution in [0.1, 0.15) is 51.9 Å². The summed E-state index contributed by atoms with van der Waals surface area (Å²) in [5.41, 5.74) is 5.65. The Hall–Kier alpha value is -0.280. The zero-order chi connectivity index (χ0) is 11.3. The lowest BCUT2D eigenvalue weighted by Crippen LogP contribution is -2.38. The predicted molar refractivity (Wildman–Crippen MR) is 69.8 cm³/mol. The van der Waals surface area contributed by atoms with E-state index in [-0.39, 0.29) is 24.4 Å². The number of hydrogen-bond acceptors (Lipinski definition) is 2. The highest BCUT2D eigenvalue weighted by atomic mass is 35.5. The molecule has 0 bridgehead atoms. The van der Waals surface area contributed by atoms with Crippen LogP contribution in [0.4, 0.5) is 0 Å². The van der Waals surface area contributed by atoms with E-state index in [0.29, 0.717) is 12.5 Å². The number of carbonyl (C=O) groups excluding carboxylic acids is 1. The summed E-state index contributed by atoms with van der Waals surface area (Å²) in [6.45, 7) is 1.95. The van der Waals surface area contributed by atoms with Crippen LogP contribution in [0.5, 0.6) is 0 Å². The molecule has 0 radical (unpaired) electrons. The van der Waals surface area contributed by atoms with Gasteiger partial charge in [0.1, 0.15) is 0 Å². The Bertz CT molecular complexity index is 203. The number of halogens is 1. The van der Waals surface area contributed by atoms with Gasteiger partial charge in [-0.15, -0.1) is 12.4 Å². The van der Waals surface area contributed by atoms with E-state index >= 15 is 0 Å². The van der Waals surface area contributed by atoms with Crippen LogP contribution in [0.3, 0.4) is 0 Å². The van der Waals surface area contributed by atoms with Crippen molar-refractivity contribution in [3.8, 4) is 0 Å². The second kappa shape index (κ2) is 7.91. The summed E-state index contributed by atoms with van der Waals surface area (Å²) in [6, 6.07) is 0.619. The van der Waals surface area contributed by atoms with Gasteiger partial charge in [0, 0.05) is 25.6 Å². The van der Waals surface area contributed by atoms with E-state index in [0.717, 1.165) is 6.42 Å². The van der Waals surface area contributed by atoms with Gasteiger partial charge in [0.05, 0.1) is 0 Å². The number of carbonyl (C=O) groups is 1. The molecular formula is C12H25ClN2O. The molecule has 96 valence electrons. The van der Waals surface area contributed by atoms with Crippen LogP contribution < -0.4 is 5.73 Å². The standard InChI is InChI=1S/C12H24N2O.ClH/c1-10(13)8-9-12(15)14(2)11-6-4-3-5-7-11;/h10-11H,3-9,13H2,1-2H3;1H. The zero-order valence-corrected chi connectivity index (χ0v) is 11.3. The summed E-state index contributed by atoms with van der Waals surface area (Å²) < 4.78 is 0. The fraction of sp³-hybridized carbons (Fsp3) is 0.917. The monoisotopic (exact) mass is 248 g/mol. The second-order valence-corrected chi connectivity index (χ2v) is 4.81. The molecule has 0 aromatic rings. The molecule has 1 aliphatic carbocycles. The molecule has 1 rings (SSSR count). The van der Waals surface area contributed by atoms with E-state index in [1.807, 2.05) is 18.9 Å². The van der Waals surface area contributed by atoms with Gasteiger partial charge in [-0.2, -0.15) is 0 Å². The van der Waals surface area contributed by atoms with E-state index in [1.165, 1.54) is 32.1 Å². The van der Waals surface area contributed by atoms with Gasteiger partial charge in [0.25, 0.3) is 0 Å². The number of amides is 1. The van der Waals surface area contributed by atoms with Crippen molar-refractivity contribution in [1.29, 1.82) is 0 Å². The van der Waals surface area contributed by atoms with Crippen LogP contribution >= 0.6 is 12.4 Å². The maximum atomic E-state index is 11.8. The molecule has 1 fully saturated rings. The number of hydrogen-bond donors (Lipinski definition) is 1. The van der Waals surface area contributed by atoms with E-state index in [4.69, 9.17) is 5.73 Å². The molecule has 0 aliphatic heterocycles. The predicted octanol–water partition coefficient (Wildman–Crippen LogP) is 2.33. The summed E-state index contributed by atoms with van der Waals surface area (Å²) >= 11 is 0. The molecule has 3 nitrogen and oxygen atoms in total. The van der Waals surface area contributed by atoms with E-state index < -0.39 is 0 Å². The van der Waals surface area contributed by atoms with Gasteiger partial charge in [-0.05, 0) is 26.2 Å². The molecule has 2 N–H and O–H groups in total. The Morgan fingerprint density at radius 1 is 1.38 bits per heavy atom. The van der Waals surface area contributed by atoms with Gasteiger partial charge in [-0.1, -0.05) is 19.3 Å². The lowest BCUT2D eigenvalue weighted by atomic mass is 9.94. The Kier molecular flexibility index (Phi) is 7.77. The minimum atomic E-state index is 0. The van der Waals surface area contributed by atoms with Crippen LogP contribution in [-0.2, 0) is 4.79 Å². The summed E-state index contributed by atoms with van der Waals surface area (Å²) in [7, 11) is 1.94. The van der Waals surface area contributed by atoms with Crippen LogP contribution in [0.15, 0.2) is 0 Å². The molecule has 1 aliphatic rings. The first kappa shape index (κ1) is 15.7. The number of nitrogens with zero attached hydrogens (tertiary/aromatic N) is 1. The van der Waals surface area contributed by atoms with Crippen molar-refractivity contribution in [2.24, 2.45) is 5.73 Å². The first-order valence-corrected chi connectivity index (χ1v) is 6.12. The molecule has 1 unspecified atom stereocenters. The molecule has 4 heteroatoms. The van der Waals surface area contributed by atoms with E-state index in [2.05, 4.69) is 0 Å². The molecule has 0 saturated heterocycles. The van der Waals surface area contributed by atoms with Crippen LogP contribution in [0, 0.1) is 0 Å². The summed E-state index contributed by atoms with van der Waals surface area (Å²) in [5, 5.41) is 0. The van der Waals surface area contributed by atoms with Crippen molar-refractivity contribution >= 4 is 18.3 Å². The largest absolute Gasteiger partial charge is 0.343 e. The minimum Gasteiger partial charge on any atom is -0.343 e. The van der Waals surface area contributed by atoms with Crippen molar-refractivity contribution < 1.29 is 4.79 Å². The first-order valence-electron chi connectivity index (χ1n) is 6.12. The summed E-state index contributed by atoms with van der Waals surface area (Å²) in [4.78, 5) is 13.8. The van der Waals surface area contributed by atoms with Gasteiger partial charge in [-0.25, -0.2) is 0 Å². The highest BCUT2D eigenvalue weighted by Crippen LogP contribution is 2.22. The minimum absolute atomic E-state index is 0. The fourth-order valence-electron chi connectivity index (χ4n) is 2.20. The van der Waals surface area contributed by atoms with Crippen LogP contribution in [0.25, 0.3) is 0 Å². The van der Waals surface area contributed by atoms with Gasteiger partial charge in [0.15, 0.2) is 0 Å². The fourth-order valence-corrected chi connectivity index (χ4v) is 2.20. The molecule has 1 amide bonds. The Labute approximate surface area is 105 Å². The van der Waals surface area contributed by atoms with Crippen molar-refractivity contribution in [2.75, 3.05) is 7.05 Å². The molecule has 0 spiro atoms. The third-order valence-electron chi connectivity index (χ3n) is 3.33.